The van der Waals surface area contributed by atoms with Gasteiger partial charge in [-0.1, -0.05) is 26.0 Å². The molecule has 0 fully saturated rings. The Morgan fingerprint density at radius 2 is 2.06 bits per heavy atom. The van der Waals surface area contributed by atoms with E-state index < -0.39 is 5.97 Å². The topological polar surface area (TPSA) is 55.8 Å². The maximum absolute atomic E-state index is 11.6. The van der Waals surface area contributed by atoms with Crippen LogP contribution in [0.25, 0.3) is 0 Å². The summed E-state index contributed by atoms with van der Waals surface area (Å²) in [6.45, 7) is 4.48. The third-order valence-electron chi connectivity index (χ3n) is 2.13. The molecule has 0 amide bonds. The molecule has 1 N–H and O–H groups in total. The zero-order valence-electron chi connectivity index (χ0n) is 9.47. The van der Waals surface area contributed by atoms with E-state index >= 15 is 0 Å². The van der Waals surface area contributed by atoms with Gasteiger partial charge in [-0.25, -0.2) is 10.1 Å². The lowest BCUT2D eigenvalue weighted by Crippen LogP contribution is -2.09. The van der Waals surface area contributed by atoms with E-state index in [1.54, 1.807) is 18.2 Å². The molecule has 16 heavy (non-hydrogen) atoms. The minimum absolute atomic E-state index is 0.108. The van der Waals surface area contributed by atoms with E-state index in [0.717, 1.165) is 6.42 Å². The zero-order chi connectivity index (χ0) is 12.0. The maximum atomic E-state index is 11.6. The number of esters is 1. The molecular weight excluding hydrogens is 208 g/mol. The number of carbonyl (C=O) groups excluding carboxylic acids is 1. The van der Waals surface area contributed by atoms with Crippen molar-refractivity contribution in [1.29, 1.82) is 0 Å². The largest absolute Gasteiger partial charge is 0.462 e. The van der Waals surface area contributed by atoms with Crippen LogP contribution >= 0.6 is 0 Å². The first-order valence-corrected chi connectivity index (χ1v) is 5.22. The molecule has 0 aromatic heterocycles. The lowest BCUT2D eigenvalue weighted by atomic mass is 10.1. The summed E-state index contributed by atoms with van der Waals surface area (Å²) in [4.78, 5) is 15.7. The standard InChI is InChI=1S/C12H16O4/c1-9(2)7-8-15-12(13)10-5-3-4-6-11(10)16-14/h3-6,9,14H,7-8H2,1-2H3. The normalized spacial score (nSPS) is 10.2. The molecule has 0 aliphatic heterocycles. The van der Waals surface area contributed by atoms with E-state index in [4.69, 9.17) is 9.99 Å². The van der Waals surface area contributed by atoms with Crippen LogP contribution in [0.5, 0.6) is 5.75 Å². The first-order chi connectivity index (χ1) is 7.65. The van der Waals surface area contributed by atoms with Gasteiger partial charge in [0.05, 0.1) is 6.61 Å². The second kappa shape index (κ2) is 6.12. The van der Waals surface area contributed by atoms with Gasteiger partial charge < -0.3 is 9.62 Å². The number of rotatable bonds is 5. The average Bonchev–Trinajstić information content (AvgIpc) is 2.28. The van der Waals surface area contributed by atoms with Gasteiger partial charge in [0.15, 0.2) is 5.75 Å². The van der Waals surface area contributed by atoms with Gasteiger partial charge in [0.1, 0.15) is 5.56 Å². The highest BCUT2D eigenvalue weighted by atomic mass is 17.1. The number of hydrogen-bond donors (Lipinski definition) is 1. The fraction of sp³-hybridized carbons (Fsp3) is 0.417. The number of benzene rings is 1. The molecule has 0 aliphatic rings. The van der Waals surface area contributed by atoms with Crippen molar-refractivity contribution in [1.82, 2.24) is 0 Å². The Morgan fingerprint density at radius 3 is 2.69 bits per heavy atom. The smallest absolute Gasteiger partial charge is 0.342 e. The van der Waals surface area contributed by atoms with Crippen LogP contribution in [0.4, 0.5) is 0 Å². The van der Waals surface area contributed by atoms with Gasteiger partial charge in [-0.2, -0.15) is 0 Å². The van der Waals surface area contributed by atoms with Gasteiger partial charge in [-0.05, 0) is 24.5 Å². The lowest BCUT2D eigenvalue weighted by molar-refractivity contribution is -0.138. The van der Waals surface area contributed by atoms with E-state index in [0.29, 0.717) is 12.5 Å². The molecule has 1 rings (SSSR count). The van der Waals surface area contributed by atoms with Gasteiger partial charge in [0.2, 0.25) is 0 Å². The molecule has 88 valence electrons. The van der Waals surface area contributed by atoms with E-state index in [1.165, 1.54) is 6.07 Å². The number of para-hydroxylation sites is 1. The minimum Gasteiger partial charge on any atom is -0.462 e. The van der Waals surface area contributed by atoms with Crippen molar-refractivity contribution in [3.05, 3.63) is 29.8 Å². The lowest BCUT2D eigenvalue weighted by Gasteiger charge is -2.08. The molecule has 0 aliphatic carbocycles. The third-order valence-corrected chi connectivity index (χ3v) is 2.13. The van der Waals surface area contributed by atoms with Gasteiger partial charge in [-0.15, -0.1) is 0 Å². The second-order valence-electron chi connectivity index (χ2n) is 3.91. The van der Waals surface area contributed by atoms with Crippen LogP contribution in [0.2, 0.25) is 0 Å². The van der Waals surface area contributed by atoms with Crippen LogP contribution in [0.3, 0.4) is 0 Å². The predicted octanol–water partition coefficient (Wildman–Crippen LogP) is 2.74. The maximum Gasteiger partial charge on any atom is 0.342 e. The number of ether oxygens (including phenoxy) is 1. The molecule has 0 spiro atoms. The summed E-state index contributed by atoms with van der Waals surface area (Å²) in [7, 11) is 0. The van der Waals surface area contributed by atoms with Crippen molar-refractivity contribution in [2.45, 2.75) is 20.3 Å². The van der Waals surface area contributed by atoms with Gasteiger partial charge in [0, 0.05) is 0 Å². The van der Waals surface area contributed by atoms with E-state index in [1.807, 2.05) is 0 Å². The molecule has 0 heterocycles. The molecule has 0 bridgehead atoms. The van der Waals surface area contributed by atoms with Crippen molar-refractivity contribution in [3.63, 3.8) is 0 Å². The highest BCUT2D eigenvalue weighted by molar-refractivity contribution is 5.92. The monoisotopic (exact) mass is 224 g/mol. The molecular formula is C12H16O4. The Bertz CT molecular complexity index is 347. The Morgan fingerprint density at radius 1 is 1.38 bits per heavy atom. The fourth-order valence-electron chi connectivity index (χ4n) is 1.18. The Labute approximate surface area is 94.7 Å². The van der Waals surface area contributed by atoms with Crippen LogP contribution in [-0.4, -0.2) is 17.8 Å². The first kappa shape index (κ1) is 12.5. The van der Waals surface area contributed by atoms with Crippen molar-refractivity contribution < 1.29 is 19.7 Å². The van der Waals surface area contributed by atoms with Gasteiger partial charge >= 0.3 is 5.97 Å². The fourth-order valence-corrected chi connectivity index (χ4v) is 1.18. The van der Waals surface area contributed by atoms with Crippen LogP contribution in [0, 0.1) is 5.92 Å². The van der Waals surface area contributed by atoms with Crippen LogP contribution in [-0.2, 0) is 4.74 Å². The van der Waals surface area contributed by atoms with E-state index in [9.17, 15) is 4.79 Å². The molecule has 0 unspecified atom stereocenters. The van der Waals surface area contributed by atoms with Gasteiger partial charge in [-0.3, -0.25) is 0 Å². The predicted molar refractivity (Wildman–Crippen MR) is 59.4 cm³/mol. The molecule has 0 atom stereocenters. The highest BCUT2D eigenvalue weighted by Gasteiger charge is 2.13. The summed E-state index contributed by atoms with van der Waals surface area (Å²) in [5.41, 5.74) is 0.230. The molecule has 1 aromatic rings. The summed E-state index contributed by atoms with van der Waals surface area (Å²) in [6, 6.07) is 6.39. The van der Waals surface area contributed by atoms with Crippen molar-refractivity contribution >= 4 is 5.97 Å². The molecule has 4 nitrogen and oxygen atoms in total. The molecule has 1 aromatic carbocycles. The summed E-state index contributed by atoms with van der Waals surface area (Å²) < 4.78 is 5.05. The average molecular weight is 224 g/mol. The van der Waals surface area contributed by atoms with Crippen molar-refractivity contribution in [2.75, 3.05) is 6.61 Å². The number of carbonyl (C=O) groups is 1. The van der Waals surface area contributed by atoms with E-state index in [2.05, 4.69) is 18.7 Å². The Hall–Kier alpha value is -1.55. The summed E-state index contributed by atoms with van der Waals surface area (Å²) in [5.74, 6) is 0.111. The summed E-state index contributed by atoms with van der Waals surface area (Å²) >= 11 is 0. The van der Waals surface area contributed by atoms with Gasteiger partial charge in [0.25, 0.3) is 0 Å². The highest BCUT2D eigenvalue weighted by Crippen LogP contribution is 2.18. The van der Waals surface area contributed by atoms with E-state index in [-0.39, 0.29) is 11.3 Å². The quantitative estimate of drug-likeness (QED) is 0.474. The minimum atomic E-state index is -0.481. The summed E-state index contributed by atoms with van der Waals surface area (Å²) in [5, 5.41) is 8.57. The Kier molecular flexibility index (Phi) is 4.79. The summed E-state index contributed by atoms with van der Waals surface area (Å²) in [6.07, 6.45) is 0.813. The molecule has 0 saturated carbocycles. The number of hydrogen-bond acceptors (Lipinski definition) is 4. The SMILES string of the molecule is CC(C)CCOC(=O)c1ccccc1OO. The van der Waals surface area contributed by atoms with Crippen LogP contribution in [0.1, 0.15) is 30.6 Å². The zero-order valence-corrected chi connectivity index (χ0v) is 9.47. The molecule has 0 saturated heterocycles. The first-order valence-electron chi connectivity index (χ1n) is 5.22. The molecule has 0 radical (unpaired) electrons. The Balaban J connectivity index is 2.59. The van der Waals surface area contributed by atoms with Crippen molar-refractivity contribution in [3.8, 4) is 5.75 Å². The second-order valence-corrected chi connectivity index (χ2v) is 3.91. The third kappa shape index (κ3) is 3.55. The van der Waals surface area contributed by atoms with Crippen molar-refractivity contribution in [2.24, 2.45) is 5.92 Å². The van der Waals surface area contributed by atoms with Crippen LogP contribution in [0.15, 0.2) is 24.3 Å². The molecule has 4 heteroatoms. The van der Waals surface area contributed by atoms with Crippen LogP contribution < -0.4 is 4.89 Å².